The van der Waals surface area contributed by atoms with Crippen molar-refractivity contribution in [2.45, 2.75) is 43.0 Å². The molecular weight excluding hydrogens is 316 g/mol. The number of ether oxygens (including phenoxy) is 1. The number of benzene rings is 1. The summed E-state index contributed by atoms with van der Waals surface area (Å²) >= 11 is 0. The fourth-order valence-corrected chi connectivity index (χ4v) is 3.89. The van der Waals surface area contributed by atoms with Gasteiger partial charge in [-0.3, -0.25) is 4.79 Å². The Balaban J connectivity index is 2.32. The Labute approximate surface area is 137 Å². The highest BCUT2D eigenvalue weighted by molar-refractivity contribution is 7.89. The van der Waals surface area contributed by atoms with Crippen LogP contribution in [0, 0.1) is 0 Å². The summed E-state index contributed by atoms with van der Waals surface area (Å²) in [5, 5.41) is 0. The summed E-state index contributed by atoms with van der Waals surface area (Å²) in [6.07, 6.45) is 5.47. The van der Waals surface area contributed by atoms with Crippen LogP contribution >= 0.6 is 0 Å². The SMILES string of the molecule is CNS(=O)(=O)c1cc(C(=O)N(C)C2CCCCC2)ccc1OC. The molecule has 0 radical (unpaired) electrons. The van der Waals surface area contributed by atoms with Gasteiger partial charge in [-0.2, -0.15) is 0 Å². The zero-order valence-corrected chi connectivity index (χ0v) is 14.6. The summed E-state index contributed by atoms with van der Waals surface area (Å²) in [5.74, 6) is 0.0586. The lowest BCUT2D eigenvalue weighted by molar-refractivity contribution is 0.0696. The molecule has 1 aromatic carbocycles. The first-order valence-corrected chi connectivity index (χ1v) is 9.27. The summed E-state index contributed by atoms with van der Waals surface area (Å²) in [6, 6.07) is 4.73. The minimum absolute atomic E-state index is 0.0228. The van der Waals surface area contributed by atoms with E-state index in [1.54, 1.807) is 18.0 Å². The summed E-state index contributed by atoms with van der Waals surface area (Å²) < 4.78 is 31.6. The van der Waals surface area contributed by atoms with E-state index >= 15 is 0 Å². The van der Waals surface area contributed by atoms with Crippen LogP contribution in [0.1, 0.15) is 42.5 Å². The molecule has 1 aliphatic carbocycles. The van der Waals surface area contributed by atoms with Crippen molar-refractivity contribution in [3.8, 4) is 5.75 Å². The summed E-state index contributed by atoms with van der Waals surface area (Å²) in [4.78, 5) is 14.4. The lowest BCUT2D eigenvalue weighted by Gasteiger charge is -2.31. The Kier molecular flexibility index (Phi) is 5.64. The standard InChI is InChI=1S/C16H24N2O4S/c1-17-23(20,21)15-11-12(9-10-14(15)22-3)16(19)18(2)13-7-5-4-6-8-13/h9-11,13,17H,4-8H2,1-3H3. The molecule has 0 saturated heterocycles. The number of methoxy groups -OCH3 is 1. The van der Waals surface area contributed by atoms with Gasteiger partial charge < -0.3 is 9.64 Å². The van der Waals surface area contributed by atoms with Crippen LogP contribution < -0.4 is 9.46 Å². The molecule has 0 aromatic heterocycles. The summed E-state index contributed by atoms with van der Waals surface area (Å²) in [6.45, 7) is 0. The van der Waals surface area contributed by atoms with E-state index in [1.165, 1.54) is 32.7 Å². The van der Waals surface area contributed by atoms with E-state index in [0.29, 0.717) is 5.56 Å². The number of rotatable bonds is 5. The minimum Gasteiger partial charge on any atom is -0.495 e. The highest BCUT2D eigenvalue weighted by atomic mass is 32.2. The van der Waals surface area contributed by atoms with Crippen molar-refractivity contribution in [1.82, 2.24) is 9.62 Å². The van der Waals surface area contributed by atoms with Crippen LogP contribution in [0.4, 0.5) is 0 Å². The normalized spacial score (nSPS) is 16.1. The second-order valence-corrected chi connectivity index (χ2v) is 7.64. The number of nitrogens with zero attached hydrogens (tertiary/aromatic N) is 1. The molecule has 0 atom stereocenters. The number of hydrogen-bond acceptors (Lipinski definition) is 4. The van der Waals surface area contributed by atoms with E-state index in [0.717, 1.165) is 25.7 Å². The molecule has 1 saturated carbocycles. The highest BCUT2D eigenvalue weighted by Gasteiger charge is 2.25. The molecule has 6 nitrogen and oxygen atoms in total. The van der Waals surface area contributed by atoms with Crippen LogP contribution in [-0.4, -0.2) is 46.5 Å². The smallest absolute Gasteiger partial charge is 0.253 e. The number of sulfonamides is 1. The van der Waals surface area contributed by atoms with Crippen molar-refractivity contribution < 1.29 is 17.9 Å². The maximum absolute atomic E-state index is 12.7. The van der Waals surface area contributed by atoms with Gasteiger partial charge in [-0.15, -0.1) is 0 Å². The zero-order valence-electron chi connectivity index (χ0n) is 13.8. The topological polar surface area (TPSA) is 75.7 Å². The third-order valence-electron chi connectivity index (χ3n) is 4.41. The molecule has 1 amide bonds. The molecule has 1 fully saturated rings. The fourth-order valence-electron chi connectivity index (χ4n) is 2.97. The average molecular weight is 340 g/mol. The van der Waals surface area contributed by atoms with E-state index in [1.807, 2.05) is 0 Å². The van der Waals surface area contributed by atoms with Gasteiger partial charge in [0.1, 0.15) is 10.6 Å². The van der Waals surface area contributed by atoms with Crippen LogP contribution in [0.2, 0.25) is 0 Å². The quantitative estimate of drug-likeness (QED) is 0.889. The molecule has 1 aliphatic rings. The number of nitrogens with one attached hydrogen (secondary N) is 1. The first-order chi connectivity index (χ1) is 10.9. The van der Waals surface area contributed by atoms with Crippen LogP contribution in [0.5, 0.6) is 5.75 Å². The lowest BCUT2D eigenvalue weighted by Crippen LogP contribution is -2.38. The maximum atomic E-state index is 12.7. The van der Waals surface area contributed by atoms with Crippen molar-refractivity contribution >= 4 is 15.9 Å². The largest absolute Gasteiger partial charge is 0.495 e. The van der Waals surface area contributed by atoms with Crippen molar-refractivity contribution in [2.24, 2.45) is 0 Å². The van der Waals surface area contributed by atoms with E-state index in [9.17, 15) is 13.2 Å². The molecule has 0 unspecified atom stereocenters. The Bertz CT molecular complexity index is 667. The van der Waals surface area contributed by atoms with E-state index in [2.05, 4.69) is 4.72 Å². The van der Waals surface area contributed by atoms with Crippen LogP contribution in [0.15, 0.2) is 23.1 Å². The molecular formula is C16H24N2O4S. The van der Waals surface area contributed by atoms with Gasteiger partial charge in [0, 0.05) is 18.7 Å². The van der Waals surface area contributed by atoms with Crippen molar-refractivity contribution in [2.75, 3.05) is 21.2 Å². The lowest BCUT2D eigenvalue weighted by atomic mass is 9.94. The highest BCUT2D eigenvalue weighted by Crippen LogP contribution is 2.27. The molecule has 0 aliphatic heterocycles. The van der Waals surface area contributed by atoms with E-state index in [-0.39, 0.29) is 22.6 Å². The Hall–Kier alpha value is -1.60. The van der Waals surface area contributed by atoms with E-state index in [4.69, 9.17) is 4.74 Å². The molecule has 0 heterocycles. The molecule has 7 heteroatoms. The van der Waals surface area contributed by atoms with Crippen LogP contribution in [0.3, 0.4) is 0 Å². The molecule has 2 rings (SSSR count). The maximum Gasteiger partial charge on any atom is 0.253 e. The second-order valence-electron chi connectivity index (χ2n) is 5.78. The third kappa shape index (κ3) is 3.84. The van der Waals surface area contributed by atoms with Crippen LogP contribution in [-0.2, 0) is 10.0 Å². The summed E-state index contributed by atoms with van der Waals surface area (Å²) in [7, 11) is 0.826. The van der Waals surface area contributed by atoms with E-state index < -0.39 is 10.0 Å². The Morgan fingerprint density at radius 1 is 1.26 bits per heavy atom. The van der Waals surface area contributed by atoms with Gasteiger partial charge in [-0.25, -0.2) is 13.1 Å². The number of hydrogen-bond donors (Lipinski definition) is 1. The fraction of sp³-hybridized carbons (Fsp3) is 0.562. The molecule has 1 N–H and O–H groups in total. The minimum atomic E-state index is -3.69. The second kappa shape index (κ2) is 7.31. The van der Waals surface area contributed by atoms with Gasteiger partial charge in [0.05, 0.1) is 7.11 Å². The number of carbonyl (C=O) groups is 1. The number of amides is 1. The third-order valence-corrected chi connectivity index (χ3v) is 5.85. The predicted octanol–water partition coefficient (Wildman–Crippen LogP) is 2.01. The van der Waals surface area contributed by atoms with Gasteiger partial charge >= 0.3 is 0 Å². The number of carbonyl (C=O) groups excluding carboxylic acids is 1. The molecule has 1 aromatic rings. The Morgan fingerprint density at radius 2 is 1.91 bits per heavy atom. The van der Waals surface area contributed by atoms with Crippen molar-refractivity contribution in [3.05, 3.63) is 23.8 Å². The first-order valence-electron chi connectivity index (χ1n) is 7.79. The van der Waals surface area contributed by atoms with Gasteiger partial charge in [-0.1, -0.05) is 19.3 Å². The van der Waals surface area contributed by atoms with Crippen LogP contribution in [0.25, 0.3) is 0 Å². The predicted molar refractivity (Wildman–Crippen MR) is 88.2 cm³/mol. The van der Waals surface area contributed by atoms with Gasteiger partial charge in [0.15, 0.2) is 0 Å². The zero-order chi connectivity index (χ0) is 17.0. The molecule has 128 valence electrons. The monoisotopic (exact) mass is 340 g/mol. The molecule has 0 bridgehead atoms. The summed E-state index contributed by atoms with van der Waals surface area (Å²) in [5.41, 5.74) is 0.354. The van der Waals surface area contributed by atoms with Gasteiger partial charge in [-0.05, 0) is 38.1 Å². The first kappa shape index (κ1) is 17.7. The Morgan fingerprint density at radius 3 is 2.48 bits per heavy atom. The van der Waals surface area contributed by atoms with Gasteiger partial charge in [0.2, 0.25) is 10.0 Å². The average Bonchev–Trinajstić information content (AvgIpc) is 2.60. The van der Waals surface area contributed by atoms with Gasteiger partial charge in [0.25, 0.3) is 5.91 Å². The molecule has 23 heavy (non-hydrogen) atoms. The van der Waals surface area contributed by atoms with Crippen molar-refractivity contribution in [3.63, 3.8) is 0 Å². The van der Waals surface area contributed by atoms with Crippen molar-refractivity contribution in [1.29, 1.82) is 0 Å². The molecule has 0 spiro atoms.